The zero-order valence-electron chi connectivity index (χ0n) is 16.0. The SMILES string of the molecule is Cc1cccc(C)c1NC(=O)[C@H]1Cc2ccccc2N1C(=O)c1ccccc1. The van der Waals surface area contributed by atoms with Gasteiger partial charge in [-0.3, -0.25) is 14.5 Å². The number of hydrogen-bond donors (Lipinski definition) is 1. The molecule has 0 saturated carbocycles. The Balaban J connectivity index is 1.69. The van der Waals surface area contributed by atoms with Gasteiger partial charge in [-0.15, -0.1) is 0 Å². The van der Waals surface area contributed by atoms with Gasteiger partial charge in [0.15, 0.2) is 0 Å². The second-order valence-electron chi connectivity index (χ2n) is 7.15. The van der Waals surface area contributed by atoms with Gasteiger partial charge in [-0.25, -0.2) is 0 Å². The molecule has 0 saturated heterocycles. The lowest BCUT2D eigenvalue weighted by Gasteiger charge is -2.25. The fraction of sp³-hybridized carbons (Fsp3) is 0.167. The highest BCUT2D eigenvalue weighted by atomic mass is 16.2. The number of carbonyl (C=O) groups is 2. The number of carbonyl (C=O) groups excluding carboxylic acids is 2. The van der Waals surface area contributed by atoms with Crippen molar-refractivity contribution in [3.05, 3.63) is 95.1 Å². The number of para-hydroxylation sites is 2. The molecule has 3 aromatic rings. The lowest BCUT2D eigenvalue weighted by atomic mass is 10.1. The standard InChI is InChI=1S/C24H22N2O2/c1-16-9-8-10-17(2)22(16)25-23(27)21-15-19-13-6-7-14-20(19)26(21)24(28)18-11-4-3-5-12-18/h3-14,21H,15H2,1-2H3,(H,25,27)/t21-/m1/s1. The Bertz CT molecular complexity index is 1020. The summed E-state index contributed by atoms with van der Waals surface area (Å²) in [6.45, 7) is 3.94. The molecule has 0 unspecified atom stereocenters. The fourth-order valence-corrected chi connectivity index (χ4v) is 3.78. The third-order valence-corrected chi connectivity index (χ3v) is 5.25. The van der Waals surface area contributed by atoms with Crippen molar-refractivity contribution in [1.82, 2.24) is 0 Å². The first-order valence-electron chi connectivity index (χ1n) is 9.40. The van der Waals surface area contributed by atoms with Gasteiger partial charge in [-0.05, 0) is 48.7 Å². The molecule has 28 heavy (non-hydrogen) atoms. The summed E-state index contributed by atoms with van der Waals surface area (Å²) in [4.78, 5) is 28.1. The summed E-state index contributed by atoms with van der Waals surface area (Å²) in [6.07, 6.45) is 0.505. The molecule has 1 aliphatic heterocycles. The first kappa shape index (κ1) is 18.0. The predicted octanol–water partition coefficient (Wildman–Crippen LogP) is 4.51. The third-order valence-electron chi connectivity index (χ3n) is 5.25. The molecule has 0 aliphatic carbocycles. The van der Waals surface area contributed by atoms with Crippen LogP contribution in [0.25, 0.3) is 0 Å². The largest absolute Gasteiger partial charge is 0.324 e. The molecule has 1 atom stereocenters. The zero-order chi connectivity index (χ0) is 19.7. The summed E-state index contributed by atoms with van der Waals surface area (Å²) in [6, 6.07) is 22.2. The number of rotatable bonds is 3. The Morgan fingerprint density at radius 2 is 1.50 bits per heavy atom. The second kappa shape index (κ2) is 7.31. The van der Waals surface area contributed by atoms with Crippen molar-refractivity contribution < 1.29 is 9.59 Å². The number of fused-ring (bicyclic) bond motifs is 1. The molecular formula is C24H22N2O2. The van der Waals surface area contributed by atoms with Crippen molar-refractivity contribution in [2.45, 2.75) is 26.3 Å². The minimum absolute atomic E-state index is 0.160. The number of anilines is 2. The molecule has 0 radical (unpaired) electrons. The molecule has 3 aromatic carbocycles. The summed E-state index contributed by atoms with van der Waals surface area (Å²) >= 11 is 0. The highest BCUT2D eigenvalue weighted by molar-refractivity contribution is 6.13. The third kappa shape index (κ3) is 3.18. The molecule has 0 fully saturated rings. The molecule has 4 rings (SSSR count). The molecule has 4 nitrogen and oxygen atoms in total. The topological polar surface area (TPSA) is 49.4 Å². The van der Waals surface area contributed by atoms with Crippen LogP contribution < -0.4 is 10.2 Å². The second-order valence-corrected chi connectivity index (χ2v) is 7.15. The van der Waals surface area contributed by atoms with E-state index in [4.69, 9.17) is 0 Å². The Labute approximate surface area is 164 Å². The monoisotopic (exact) mass is 370 g/mol. The van der Waals surface area contributed by atoms with Gasteiger partial charge in [0.25, 0.3) is 5.91 Å². The minimum atomic E-state index is -0.580. The quantitative estimate of drug-likeness (QED) is 0.737. The van der Waals surface area contributed by atoms with Crippen molar-refractivity contribution >= 4 is 23.2 Å². The smallest absolute Gasteiger partial charge is 0.259 e. The van der Waals surface area contributed by atoms with Crippen molar-refractivity contribution in [3.8, 4) is 0 Å². The van der Waals surface area contributed by atoms with Gasteiger partial charge in [0.05, 0.1) is 0 Å². The van der Waals surface area contributed by atoms with Crippen LogP contribution in [0.1, 0.15) is 27.0 Å². The van der Waals surface area contributed by atoms with Crippen molar-refractivity contribution in [3.63, 3.8) is 0 Å². The maximum Gasteiger partial charge on any atom is 0.259 e. The van der Waals surface area contributed by atoms with E-state index in [1.165, 1.54) is 0 Å². The number of nitrogens with one attached hydrogen (secondary N) is 1. The average Bonchev–Trinajstić information content (AvgIpc) is 3.10. The minimum Gasteiger partial charge on any atom is -0.324 e. The summed E-state index contributed by atoms with van der Waals surface area (Å²) < 4.78 is 0. The van der Waals surface area contributed by atoms with E-state index in [-0.39, 0.29) is 11.8 Å². The van der Waals surface area contributed by atoms with Crippen LogP contribution in [0, 0.1) is 13.8 Å². The first-order chi connectivity index (χ1) is 13.6. The van der Waals surface area contributed by atoms with E-state index < -0.39 is 6.04 Å². The highest BCUT2D eigenvalue weighted by Gasteiger charge is 2.38. The molecule has 0 bridgehead atoms. The summed E-state index contributed by atoms with van der Waals surface area (Å²) in [5.41, 5.74) is 5.21. The normalized spacial score (nSPS) is 15.2. The van der Waals surface area contributed by atoms with E-state index >= 15 is 0 Å². The molecule has 2 amide bonds. The zero-order valence-corrected chi connectivity index (χ0v) is 16.0. The van der Waals surface area contributed by atoms with Crippen LogP contribution in [0.15, 0.2) is 72.8 Å². The van der Waals surface area contributed by atoms with Crippen LogP contribution in [0.4, 0.5) is 11.4 Å². The van der Waals surface area contributed by atoms with Crippen molar-refractivity contribution in [2.75, 3.05) is 10.2 Å². The average molecular weight is 370 g/mol. The number of nitrogens with zero attached hydrogens (tertiary/aromatic N) is 1. The Morgan fingerprint density at radius 3 is 2.21 bits per heavy atom. The van der Waals surface area contributed by atoms with Crippen molar-refractivity contribution in [1.29, 1.82) is 0 Å². The van der Waals surface area contributed by atoms with Crippen LogP contribution in [0.2, 0.25) is 0 Å². The van der Waals surface area contributed by atoms with E-state index in [9.17, 15) is 9.59 Å². The molecular weight excluding hydrogens is 348 g/mol. The molecule has 0 spiro atoms. The van der Waals surface area contributed by atoms with Crippen LogP contribution >= 0.6 is 0 Å². The Kier molecular flexibility index (Phi) is 4.70. The van der Waals surface area contributed by atoms with E-state index in [0.29, 0.717) is 12.0 Å². The van der Waals surface area contributed by atoms with Gasteiger partial charge in [-0.1, -0.05) is 54.6 Å². The van der Waals surface area contributed by atoms with Crippen molar-refractivity contribution in [2.24, 2.45) is 0 Å². The van der Waals surface area contributed by atoms with Gasteiger partial charge in [-0.2, -0.15) is 0 Å². The Hall–Kier alpha value is -3.40. The van der Waals surface area contributed by atoms with Crippen LogP contribution in [-0.2, 0) is 11.2 Å². The molecule has 140 valence electrons. The molecule has 1 N–H and O–H groups in total. The van der Waals surface area contributed by atoms with E-state index in [0.717, 1.165) is 28.1 Å². The summed E-state index contributed by atoms with van der Waals surface area (Å²) in [7, 11) is 0. The number of aryl methyl sites for hydroxylation is 2. The molecule has 4 heteroatoms. The Morgan fingerprint density at radius 1 is 0.857 bits per heavy atom. The number of hydrogen-bond acceptors (Lipinski definition) is 2. The van der Waals surface area contributed by atoms with Gasteiger partial charge in [0, 0.05) is 23.4 Å². The number of amides is 2. The molecule has 0 aromatic heterocycles. The van der Waals surface area contributed by atoms with E-state index in [2.05, 4.69) is 5.32 Å². The predicted molar refractivity (Wildman–Crippen MR) is 112 cm³/mol. The summed E-state index contributed by atoms with van der Waals surface area (Å²) in [5, 5.41) is 3.06. The van der Waals surface area contributed by atoms with E-state index in [1.54, 1.807) is 17.0 Å². The fourth-order valence-electron chi connectivity index (χ4n) is 3.78. The maximum absolute atomic E-state index is 13.3. The van der Waals surface area contributed by atoms with Gasteiger partial charge in [0.1, 0.15) is 6.04 Å². The summed E-state index contributed by atoms with van der Waals surface area (Å²) in [5.74, 6) is -0.329. The van der Waals surface area contributed by atoms with Crippen LogP contribution in [-0.4, -0.2) is 17.9 Å². The highest BCUT2D eigenvalue weighted by Crippen LogP contribution is 2.34. The molecule has 1 aliphatic rings. The first-order valence-corrected chi connectivity index (χ1v) is 9.40. The number of benzene rings is 3. The van der Waals surface area contributed by atoms with Crippen LogP contribution in [0.5, 0.6) is 0 Å². The van der Waals surface area contributed by atoms with E-state index in [1.807, 2.05) is 74.5 Å². The lowest BCUT2D eigenvalue weighted by Crippen LogP contribution is -2.45. The lowest BCUT2D eigenvalue weighted by molar-refractivity contribution is -0.117. The van der Waals surface area contributed by atoms with Gasteiger partial charge < -0.3 is 5.32 Å². The van der Waals surface area contributed by atoms with Crippen LogP contribution in [0.3, 0.4) is 0 Å². The maximum atomic E-state index is 13.3. The van der Waals surface area contributed by atoms with Gasteiger partial charge in [0.2, 0.25) is 5.91 Å². The van der Waals surface area contributed by atoms with Gasteiger partial charge >= 0.3 is 0 Å². The molecule has 1 heterocycles.